The molecule has 1 aromatic heterocycles. The van der Waals surface area contributed by atoms with E-state index >= 15 is 0 Å². The van der Waals surface area contributed by atoms with Crippen molar-refractivity contribution in [2.75, 3.05) is 37.7 Å². The Balaban J connectivity index is 1.18. The van der Waals surface area contributed by atoms with Crippen LogP contribution >= 0.6 is 0 Å². The van der Waals surface area contributed by atoms with Gasteiger partial charge in [-0.1, -0.05) is 121 Å². The van der Waals surface area contributed by atoms with Gasteiger partial charge in [-0.15, -0.1) is 0 Å². The van der Waals surface area contributed by atoms with Crippen molar-refractivity contribution in [1.82, 2.24) is 9.88 Å². The lowest BCUT2D eigenvalue weighted by molar-refractivity contribution is -0.211. The molecule has 0 aliphatic carbocycles. The Hall–Kier alpha value is -4.58. The summed E-state index contributed by atoms with van der Waals surface area (Å²) in [5, 5.41) is 0. The van der Waals surface area contributed by atoms with Crippen LogP contribution in [0.15, 0.2) is 140 Å². The second kappa shape index (κ2) is 18.8. The molecule has 7 rings (SSSR count). The molecule has 7 nitrogen and oxygen atoms in total. The molecule has 0 radical (unpaired) electrons. The number of halogens is 3. The molecule has 5 atom stereocenters. The molecule has 0 spiro atoms. The number of anilines is 1. The topological polar surface area (TPSA) is 56.3 Å². The predicted octanol–water partition coefficient (Wildman–Crippen LogP) is 8.58. The van der Waals surface area contributed by atoms with E-state index in [-0.39, 0.29) is 23.9 Å². The van der Waals surface area contributed by atoms with E-state index in [2.05, 4.69) is 9.88 Å². The summed E-state index contributed by atoms with van der Waals surface area (Å²) >= 11 is 0. The molecule has 3 heterocycles. The molecule has 2 fully saturated rings. The summed E-state index contributed by atoms with van der Waals surface area (Å²) in [6.45, 7) is 4.01. The van der Waals surface area contributed by atoms with Crippen molar-refractivity contribution in [3.8, 4) is 0 Å². The van der Waals surface area contributed by atoms with Gasteiger partial charge in [0.15, 0.2) is 0 Å². The molecule has 2 aliphatic heterocycles. The highest BCUT2D eigenvalue weighted by molar-refractivity contribution is 5.49. The van der Waals surface area contributed by atoms with Gasteiger partial charge in [-0.3, -0.25) is 4.90 Å². The fourth-order valence-corrected chi connectivity index (χ4v) is 7.63. The van der Waals surface area contributed by atoms with Crippen LogP contribution in [0, 0.1) is 5.92 Å². The normalized spacial score (nSPS) is 21.9. The monoisotopic (exact) mass is 751 g/mol. The predicted molar refractivity (Wildman–Crippen MR) is 206 cm³/mol. The second-order valence-corrected chi connectivity index (χ2v) is 14.4. The molecule has 5 aromatic rings. The third kappa shape index (κ3) is 10.6. The number of aromatic nitrogens is 1. The fraction of sp³-hybridized carbons (Fsp3) is 0.356. The van der Waals surface area contributed by atoms with Gasteiger partial charge < -0.3 is 23.8 Å². The van der Waals surface area contributed by atoms with Crippen molar-refractivity contribution in [3.63, 3.8) is 0 Å². The Morgan fingerprint density at radius 1 is 0.600 bits per heavy atom. The SMILES string of the molecule is FC(F)(F)c1cccnc1N1CC[C@@H](CN2C[C@H](OCc3ccccc3)[C@@H](OCc3ccccc3)[C@H](OCc3ccccc3)[C@@H]2COCc2ccccc2)C1. The summed E-state index contributed by atoms with van der Waals surface area (Å²) in [5.41, 5.74) is 3.49. The maximum atomic E-state index is 14.0. The van der Waals surface area contributed by atoms with Crippen LogP contribution in [-0.4, -0.2) is 67.0 Å². The van der Waals surface area contributed by atoms with Gasteiger partial charge in [0.05, 0.1) is 50.7 Å². The Morgan fingerprint density at radius 2 is 1.13 bits per heavy atom. The van der Waals surface area contributed by atoms with E-state index in [1.165, 1.54) is 12.3 Å². The van der Waals surface area contributed by atoms with Crippen LogP contribution < -0.4 is 4.90 Å². The summed E-state index contributed by atoms with van der Waals surface area (Å²) in [4.78, 5) is 8.34. The molecule has 2 aliphatic rings. The van der Waals surface area contributed by atoms with E-state index in [9.17, 15) is 13.2 Å². The second-order valence-electron chi connectivity index (χ2n) is 14.4. The molecule has 0 unspecified atom stereocenters. The summed E-state index contributed by atoms with van der Waals surface area (Å²) in [7, 11) is 0. The fourth-order valence-electron chi connectivity index (χ4n) is 7.63. The first-order chi connectivity index (χ1) is 26.9. The van der Waals surface area contributed by atoms with Crippen molar-refractivity contribution in [1.29, 1.82) is 0 Å². The lowest BCUT2D eigenvalue weighted by Gasteiger charge is -2.49. The molecule has 0 amide bonds. The first-order valence-corrected chi connectivity index (χ1v) is 19.0. The zero-order valence-electron chi connectivity index (χ0n) is 30.8. The number of rotatable bonds is 16. The first kappa shape index (κ1) is 38.7. The highest BCUT2D eigenvalue weighted by atomic mass is 19.4. The van der Waals surface area contributed by atoms with Crippen molar-refractivity contribution < 1.29 is 32.1 Å². The highest BCUT2D eigenvalue weighted by Gasteiger charge is 2.47. The van der Waals surface area contributed by atoms with Crippen LogP contribution in [0.4, 0.5) is 19.0 Å². The van der Waals surface area contributed by atoms with E-state index in [0.29, 0.717) is 59.2 Å². The quantitative estimate of drug-likeness (QED) is 0.100. The highest BCUT2D eigenvalue weighted by Crippen LogP contribution is 2.38. The zero-order chi connectivity index (χ0) is 37.9. The standard InChI is InChI=1S/C45H48F3N3O4/c46-45(47,48)39-22-13-24-49-44(39)50-25-23-38(26-50)27-51-28-41(53-30-35-16-7-2-8-17-35)43(55-32-37-20-11-4-12-21-37)42(54-31-36-18-9-3-10-19-36)40(51)33-52-29-34-14-5-1-6-15-34/h1-22,24,38,40-43H,23,25-33H2/t38-,40+,41+,42-,43-/m1/s1. The first-order valence-electron chi connectivity index (χ1n) is 19.0. The molecular formula is C45H48F3N3O4. The molecule has 2 saturated heterocycles. The number of hydrogen-bond acceptors (Lipinski definition) is 7. The summed E-state index contributed by atoms with van der Waals surface area (Å²) < 4.78 is 69.1. The van der Waals surface area contributed by atoms with Crippen molar-refractivity contribution in [2.24, 2.45) is 5.92 Å². The lowest BCUT2D eigenvalue weighted by atomic mass is 9.91. The Bertz CT molecular complexity index is 1870. The number of alkyl halides is 3. The number of benzene rings is 4. The van der Waals surface area contributed by atoms with Crippen LogP contribution in [0.2, 0.25) is 0 Å². The smallest absolute Gasteiger partial charge is 0.375 e. The molecule has 0 N–H and O–H groups in total. The molecule has 55 heavy (non-hydrogen) atoms. The van der Waals surface area contributed by atoms with E-state index < -0.39 is 23.9 Å². The lowest BCUT2D eigenvalue weighted by Crippen LogP contribution is -2.65. The number of likely N-dealkylation sites (tertiary alicyclic amines) is 1. The van der Waals surface area contributed by atoms with E-state index in [0.717, 1.165) is 34.7 Å². The number of hydrogen-bond donors (Lipinski definition) is 0. The number of piperidine rings is 1. The average molecular weight is 752 g/mol. The summed E-state index contributed by atoms with van der Waals surface area (Å²) in [5.74, 6) is 0.0625. The Morgan fingerprint density at radius 3 is 1.69 bits per heavy atom. The third-order valence-corrected chi connectivity index (χ3v) is 10.4. The summed E-state index contributed by atoms with van der Waals surface area (Å²) in [6, 6.07) is 42.5. The van der Waals surface area contributed by atoms with Crippen LogP contribution in [0.25, 0.3) is 0 Å². The maximum absolute atomic E-state index is 14.0. The van der Waals surface area contributed by atoms with Gasteiger partial charge in [-0.05, 0) is 46.7 Å². The summed E-state index contributed by atoms with van der Waals surface area (Å²) in [6.07, 6.45) is -3.61. The molecule has 0 saturated carbocycles. The Kier molecular flexibility index (Phi) is 13.3. The maximum Gasteiger partial charge on any atom is 0.419 e. The van der Waals surface area contributed by atoms with Crippen LogP contribution in [0.5, 0.6) is 0 Å². The third-order valence-electron chi connectivity index (χ3n) is 10.4. The minimum atomic E-state index is -4.49. The number of pyridine rings is 1. The molecule has 0 bridgehead atoms. The Labute approximate surface area is 321 Å². The largest absolute Gasteiger partial charge is 0.419 e. The van der Waals surface area contributed by atoms with Gasteiger partial charge in [-0.2, -0.15) is 13.2 Å². The number of ether oxygens (including phenoxy) is 4. The molecule has 10 heteroatoms. The zero-order valence-corrected chi connectivity index (χ0v) is 30.8. The molecule has 288 valence electrons. The van der Waals surface area contributed by atoms with Crippen molar-refractivity contribution >= 4 is 5.82 Å². The van der Waals surface area contributed by atoms with E-state index in [1.807, 2.05) is 121 Å². The van der Waals surface area contributed by atoms with E-state index in [1.54, 1.807) is 4.90 Å². The van der Waals surface area contributed by atoms with Gasteiger partial charge in [0.25, 0.3) is 0 Å². The van der Waals surface area contributed by atoms with Gasteiger partial charge in [0.1, 0.15) is 18.0 Å². The average Bonchev–Trinajstić information content (AvgIpc) is 3.69. The minimum Gasteiger partial charge on any atom is -0.375 e. The molecule has 4 aromatic carbocycles. The number of nitrogens with zero attached hydrogens (tertiary/aromatic N) is 3. The van der Waals surface area contributed by atoms with Crippen molar-refractivity contribution in [2.45, 2.75) is 63.4 Å². The van der Waals surface area contributed by atoms with Gasteiger partial charge in [0.2, 0.25) is 0 Å². The van der Waals surface area contributed by atoms with E-state index in [4.69, 9.17) is 18.9 Å². The van der Waals surface area contributed by atoms with Gasteiger partial charge in [-0.25, -0.2) is 4.98 Å². The van der Waals surface area contributed by atoms with Crippen LogP contribution in [-0.2, 0) is 51.6 Å². The van der Waals surface area contributed by atoms with Crippen LogP contribution in [0.1, 0.15) is 34.2 Å². The minimum absolute atomic E-state index is 0.0126. The van der Waals surface area contributed by atoms with Crippen LogP contribution in [0.3, 0.4) is 0 Å². The molecular weight excluding hydrogens is 704 g/mol. The van der Waals surface area contributed by atoms with Gasteiger partial charge >= 0.3 is 6.18 Å². The van der Waals surface area contributed by atoms with Gasteiger partial charge in [0, 0.05) is 32.4 Å². The van der Waals surface area contributed by atoms with Crippen molar-refractivity contribution in [3.05, 3.63) is 167 Å².